The number of nitriles is 1. The lowest BCUT2D eigenvalue weighted by Gasteiger charge is -2.07. The molecule has 0 aliphatic rings. The zero-order chi connectivity index (χ0) is 13.1. The van der Waals surface area contributed by atoms with Crippen molar-refractivity contribution >= 4 is 5.78 Å². The van der Waals surface area contributed by atoms with Crippen LogP contribution in [0.2, 0.25) is 0 Å². The molecule has 0 N–H and O–H groups in total. The highest BCUT2D eigenvalue weighted by Gasteiger charge is 2.25. The number of rotatable bonds is 3. The van der Waals surface area contributed by atoms with Crippen molar-refractivity contribution in [3.05, 3.63) is 59.3 Å². The number of carbonyl (C=O) groups excluding carboxylic acids is 1. The van der Waals surface area contributed by atoms with Gasteiger partial charge in [-0.2, -0.15) is 5.26 Å². The van der Waals surface area contributed by atoms with Gasteiger partial charge in [-0.25, -0.2) is 4.39 Å². The fourth-order valence-electron chi connectivity index (χ4n) is 1.72. The number of aryl methyl sites for hydroxylation is 1. The number of benzene rings is 1. The van der Waals surface area contributed by atoms with Crippen molar-refractivity contribution in [2.24, 2.45) is 0 Å². The van der Waals surface area contributed by atoms with E-state index in [-0.39, 0.29) is 11.1 Å². The van der Waals surface area contributed by atoms with Gasteiger partial charge in [0.25, 0.3) is 0 Å². The van der Waals surface area contributed by atoms with E-state index in [9.17, 15) is 9.18 Å². The summed E-state index contributed by atoms with van der Waals surface area (Å²) in [7, 11) is 0. The molecule has 4 heteroatoms. The minimum atomic E-state index is -1.15. The van der Waals surface area contributed by atoms with E-state index in [1.165, 1.54) is 30.5 Å². The molecule has 1 unspecified atom stereocenters. The van der Waals surface area contributed by atoms with Gasteiger partial charge >= 0.3 is 0 Å². The number of ketones is 1. The van der Waals surface area contributed by atoms with Gasteiger partial charge in [0.05, 0.1) is 11.6 Å². The van der Waals surface area contributed by atoms with Crippen molar-refractivity contribution in [2.45, 2.75) is 12.8 Å². The van der Waals surface area contributed by atoms with Crippen molar-refractivity contribution in [3.63, 3.8) is 0 Å². The molecule has 1 aromatic carbocycles. The second-order valence-electron chi connectivity index (χ2n) is 3.89. The van der Waals surface area contributed by atoms with Gasteiger partial charge in [0.2, 0.25) is 0 Å². The van der Waals surface area contributed by atoms with Gasteiger partial charge in [-0.05, 0) is 19.1 Å². The molecule has 0 aliphatic heterocycles. The summed E-state index contributed by atoms with van der Waals surface area (Å²) in [6, 6.07) is 9.15. The Morgan fingerprint density at radius 3 is 2.72 bits per heavy atom. The molecule has 0 saturated heterocycles. The Morgan fingerprint density at radius 2 is 2.17 bits per heavy atom. The molecule has 1 aromatic heterocycles. The minimum Gasteiger partial charge on any atom is -0.469 e. The SMILES string of the molecule is Cc1cc(C(=O)C(C#N)c2ccccc2F)co1. The van der Waals surface area contributed by atoms with E-state index in [1.807, 2.05) is 6.07 Å². The van der Waals surface area contributed by atoms with Crippen LogP contribution in [0.4, 0.5) is 4.39 Å². The van der Waals surface area contributed by atoms with Crippen molar-refractivity contribution in [3.8, 4) is 6.07 Å². The lowest BCUT2D eigenvalue weighted by molar-refractivity contribution is 0.0977. The number of carbonyl (C=O) groups is 1. The van der Waals surface area contributed by atoms with E-state index in [4.69, 9.17) is 9.68 Å². The van der Waals surface area contributed by atoms with E-state index in [1.54, 1.807) is 13.0 Å². The summed E-state index contributed by atoms with van der Waals surface area (Å²) in [6.07, 6.45) is 1.28. The van der Waals surface area contributed by atoms with E-state index in [0.29, 0.717) is 5.76 Å². The van der Waals surface area contributed by atoms with Gasteiger partial charge in [-0.3, -0.25) is 4.79 Å². The topological polar surface area (TPSA) is 54.0 Å². The third-order valence-corrected chi connectivity index (χ3v) is 2.62. The summed E-state index contributed by atoms with van der Waals surface area (Å²) < 4.78 is 18.6. The average molecular weight is 243 g/mol. The van der Waals surface area contributed by atoms with Crippen molar-refractivity contribution < 1.29 is 13.6 Å². The molecule has 0 amide bonds. The monoisotopic (exact) mass is 243 g/mol. The van der Waals surface area contributed by atoms with E-state index in [2.05, 4.69) is 0 Å². The quantitative estimate of drug-likeness (QED) is 0.778. The van der Waals surface area contributed by atoms with Gasteiger partial charge in [0.1, 0.15) is 23.8 Å². The second kappa shape index (κ2) is 4.84. The highest BCUT2D eigenvalue weighted by Crippen LogP contribution is 2.23. The van der Waals surface area contributed by atoms with Crippen molar-refractivity contribution in [2.75, 3.05) is 0 Å². The van der Waals surface area contributed by atoms with Crippen LogP contribution in [0.5, 0.6) is 0 Å². The van der Waals surface area contributed by atoms with Crippen LogP contribution in [-0.4, -0.2) is 5.78 Å². The van der Waals surface area contributed by atoms with Crippen molar-refractivity contribution in [1.82, 2.24) is 0 Å². The lowest BCUT2D eigenvalue weighted by atomic mass is 9.92. The molecular formula is C14H10FNO2. The molecule has 0 bridgehead atoms. The number of hydrogen-bond donors (Lipinski definition) is 0. The zero-order valence-electron chi connectivity index (χ0n) is 9.68. The highest BCUT2D eigenvalue weighted by molar-refractivity contribution is 6.02. The Kier molecular flexibility index (Phi) is 3.24. The normalized spacial score (nSPS) is 11.8. The molecule has 2 aromatic rings. The molecule has 18 heavy (non-hydrogen) atoms. The maximum Gasteiger partial charge on any atom is 0.187 e. The van der Waals surface area contributed by atoms with E-state index >= 15 is 0 Å². The fraction of sp³-hybridized carbons (Fsp3) is 0.143. The smallest absolute Gasteiger partial charge is 0.187 e. The third kappa shape index (κ3) is 2.16. The highest BCUT2D eigenvalue weighted by atomic mass is 19.1. The Hall–Kier alpha value is -2.41. The summed E-state index contributed by atoms with van der Waals surface area (Å²) in [5, 5.41) is 9.07. The standard InChI is InChI=1S/C14H10FNO2/c1-9-6-10(8-18-9)14(17)12(7-16)11-4-2-3-5-13(11)15/h2-6,8,12H,1H3. The van der Waals surface area contributed by atoms with Gasteiger partial charge < -0.3 is 4.42 Å². The second-order valence-corrected chi connectivity index (χ2v) is 3.89. The van der Waals surface area contributed by atoms with Crippen LogP contribution >= 0.6 is 0 Å². The molecule has 1 atom stereocenters. The number of halogens is 1. The Labute approximate surface area is 103 Å². The summed E-state index contributed by atoms with van der Waals surface area (Å²) in [4.78, 5) is 12.1. The maximum absolute atomic E-state index is 13.6. The minimum absolute atomic E-state index is 0.0869. The molecule has 0 radical (unpaired) electrons. The molecule has 90 valence electrons. The van der Waals surface area contributed by atoms with Crippen LogP contribution in [0.15, 0.2) is 41.0 Å². The van der Waals surface area contributed by atoms with Crippen LogP contribution in [-0.2, 0) is 0 Å². The lowest BCUT2D eigenvalue weighted by Crippen LogP contribution is -2.12. The summed E-state index contributed by atoms with van der Waals surface area (Å²) in [6.45, 7) is 1.70. The molecule has 0 spiro atoms. The third-order valence-electron chi connectivity index (χ3n) is 2.62. The summed E-state index contributed by atoms with van der Waals surface area (Å²) in [5.41, 5.74) is 0.367. The first-order valence-corrected chi connectivity index (χ1v) is 5.37. The Balaban J connectivity index is 2.39. The maximum atomic E-state index is 13.6. The largest absolute Gasteiger partial charge is 0.469 e. The number of hydrogen-bond acceptors (Lipinski definition) is 3. The number of furan rings is 1. The summed E-state index contributed by atoms with van der Waals surface area (Å²) >= 11 is 0. The summed E-state index contributed by atoms with van der Waals surface area (Å²) in [5.74, 6) is -1.59. The molecule has 0 aliphatic carbocycles. The predicted octanol–water partition coefficient (Wildman–Crippen LogP) is 3.22. The first-order chi connectivity index (χ1) is 8.63. The van der Waals surface area contributed by atoms with E-state index in [0.717, 1.165) is 0 Å². The molecule has 2 rings (SSSR count). The van der Waals surface area contributed by atoms with Crippen LogP contribution < -0.4 is 0 Å². The molecular weight excluding hydrogens is 233 g/mol. The molecule has 0 saturated carbocycles. The van der Waals surface area contributed by atoms with Gasteiger partial charge in [0.15, 0.2) is 5.78 Å². The van der Waals surface area contributed by atoms with Crippen molar-refractivity contribution in [1.29, 1.82) is 5.26 Å². The Morgan fingerprint density at radius 1 is 1.44 bits per heavy atom. The number of Topliss-reactive ketones (excluding diaryl/α,β-unsaturated/α-hetero) is 1. The van der Waals surface area contributed by atoms with Gasteiger partial charge in [-0.15, -0.1) is 0 Å². The average Bonchev–Trinajstić information content (AvgIpc) is 2.79. The number of nitrogens with zero attached hydrogens (tertiary/aromatic N) is 1. The first-order valence-electron chi connectivity index (χ1n) is 5.37. The predicted molar refractivity (Wildman–Crippen MR) is 62.5 cm³/mol. The zero-order valence-corrected chi connectivity index (χ0v) is 9.68. The van der Waals surface area contributed by atoms with Crippen LogP contribution in [0.1, 0.15) is 27.6 Å². The molecule has 3 nitrogen and oxygen atoms in total. The van der Waals surface area contributed by atoms with Crippen LogP contribution in [0, 0.1) is 24.1 Å². The fourth-order valence-corrected chi connectivity index (χ4v) is 1.72. The molecule has 1 heterocycles. The molecule has 0 fully saturated rings. The van der Waals surface area contributed by atoms with Gasteiger partial charge in [0, 0.05) is 5.56 Å². The Bertz CT molecular complexity index is 625. The van der Waals surface area contributed by atoms with Crippen LogP contribution in [0.25, 0.3) is 0 Å². The van der Waals surface area contributed by atoms with E-state index < -0.39 is 17.5 Å². The van der Waals surface area contributed by atoms with Crippen LogP contribution in [0.3, 0.4) is 0 Å². The first kappa shape index (κ1) is 12.1. The van der Waals surface area contributed by atoms with Gasteiger partial charge in [-0.1, -0.05) is 18.2 Å².